The number of benzene rings is 2. The van der Waals surface area contributed by atoms with Gasteiger partial charge in [0.05, 0.1) is 12.2 Å². The average molecular weight is 300 g/mol. The number of hydrogen-bond acceptors (Lipinski definition) is 4. The van der Waals surface area contributed by atoms with Crippen molar-refractivity contribution < 1.29 is 0 Å². The number of aromatic nitrogens is 1. The maximum Gasteiger partial charge on any atom is 0.323 e. The lowest BCUT2D eigenvalue weighted by Crippen LogP contribution is -2.23. The molecule has 20 heavy (non-hydrogen) atoms. The summed E-state index contributed by atoms with van der Waals surface area (Å²) in [6.45, 7) is 0.584. The van der Waals surface area contributed by atoms with Gasteiger partial charge in [0.15, 0.2) is 0 Å². The van der Waals surface area contributed by atoms with E-state index in [2.05, 4.69) is 4.99 Å². The summed E-state index contributed by atoms with van der Waals surface area (Å²) in [5.74, 6) is 0. The summed E-state index contributed by atoms with van der Waals surface area (Å²) >= 11 is 0. The van der Waals surface area contributed by atoms with Gasteiger partial charge in [-0.3, -0.25) is 9.79 Å². The van der Waals surface area contributed by atoms with E-state index in [1.807, 2.05) is 60.7 Å². The Kier molecular flexibility index (Phi) is 3.90. The molecule has 0 aliphatic rings. The molecule has 0 amide bonds. The van der Waals surface area contributed by atoms with E-state index in [0.29, 0.717) is 6.54 Å². The van der Waals surface area contributed by atoms with Crippen molar-refractivity contribution in [3.63, 3.8) is 0 Å². The Balaban J connectivity index is 2.02. The molecular formula is C15H12N2OS2. The third-order valence-corrected chi connectivity index (χ3v) is 4.81. The average Bonchev–Trinajstić information content (AvgIpc) is 2.88. The number of para-hydroxylation sites is 1. The Bertz CT molecular complexity index is 801. The Hall–Kier alpha value is -1.98. The molecule has 3 nitrogen and oxygen atoms in total. The van der Waals surface area contributed by atoms with Gasteiger partial charge in [-0.2, -0.15) is 0 Å². The summed E-state index contributed by atoms with van der Waals surface area (Å²) in [5, 5.41) is 0. The molecule has 0 radical (unpaired) electrons. The fraction of sp³-hybridized carbons (Fsp3) is 0.0667. The van der Waals surface area contributed by atoms with E-state index >= 15 is 0 Å². The lowest BCUT2D eigenvalue weighted by Gasteiger charge is -2.00. The van der Waals surface area contributed by atoms with Crippen molar-refractivity contribution in [1.82, 2.24) is 4.57 Å². The van der Waals surface area contributed by atoms with Crippen molar-refractivity contribution in [2.75, 3.05) is 0 Å². The minimum Gasteiger partial charge on any atom is -0.255 e. The minimum absolute atomic E-state index is 0.00742. The topological polar surface area (TPSA) is 34.4 Å². The third kappa shape index (κ3) is 2.79. The van der Waals surface area contributed by atoms with E-state index in [9.17, 15) is 4.79 Å². The highest BCUT2D eigenvalue weighted by molar-refractivity contribution is 7.67. The second-order valence-electron chi connectivity index (χ2n) is 4.19. The number of hydrogen-bond donors (Lipinski definition) is 0. The summed E-state index contributed by atoms with van der Waals surface area (Å²) in [6, 6.07) is 19.7. The van der Waals surface area contributed by atoms with Crippen LogP contribution in [0.4, 0.5) is 0 Å². The summed E-state index contributed by atoms with van der Waals surface area (Å²) in [7, 11) is 2.63. The molecular weight excluding hydrogens is 288 g/mol. The molecule has 100 valence electrons. The normalized spacial score (nSPS) is 11.7. The van der Waals surface area contributed by atoms with Gasteiger partial charge in [-0.05, 0) is 38.4 Å². The van der Waals surface area contributed by atoms with E-state index in [1.165, 1.54) is 20.7 Å². The zero-order chi connectivity index (χ0) is 13.8. The zero-order valence-corrected chi connectivity index (χ0v) is 12.2. The van der Waals surface area contributed by atoms with Gasteiger partial charge in [-0.1, -0.05) is 48.5 Å². The second kappa shape index (κ2) is 5.98. The van der Waals surface area contributed by atoms with E-state index in [-0.39, 0.29) is 4.87 Å². The first-order valence-electron chi connectivity index (χ1n) is 6.16. The van der Waals surface area contributed by atoms with Gasteiger partial charge in [-0.15, -0.1) is 0 Å². The lowest BCUT2D eigenvalue weighted by molar-refractivity contribution is 0.907. The Morgan fingerprint density at radius 3 is 2.25 bits per heavy atom. The predicted molar refractivity (Wildman–Crippen MR) is 83.5 cm³/mol. The standard InChI is InChI=1S/C15H12N2OS2/c18-15-17(13-9-5-2-6-10-13)14(19-20-15)16-11-12-7-3-1-4-8-12/h1-10H,11H2. The maximum atomic E-state index is 12.0. The molecule has 2 aromatic carbocycles. The first kappa shape index (κ1) is 13.0. The molecule has 1 heterocycles. The predicted octanol–water partition coefficient (Wildman–Crippen LogP) is 3.06. The van der Waals surface area contributed by atoms with Crippen LogP contribution in [0, 0.1) is 0 Å². The van der Waals surface area contributed by atoms with Crippen LogP contribution < -0.4 is 9.67 Å². The smallest absolute Gasteiger partial charge is 0.255 e. The molecule has 3 rings (SSSR count). The fourth-order valence-corrected chi connectivity index (χ4v) is 3.75. The highest BCUT2D eigenvalue weighted by Crippen LogP contribution is 2.05. The second-order valence-corrected chi connectivity index (χ2v) is 6.24. The van der Waals surface area contributed by atoms with Crippen molar-refractivity contribution in [1.29, 1.82) is 0 Å². The van der Waals surface area contributed by atoms with E-state index in [1.54, 1.807) is 4.57 Å². The van der Waals surface area contributed by atoms with Crippen LogP contribution in [0.15, 0.2) is 70.5 Å². The van der Waals surface area contributed by atoms with Crippen LogP contribution in [0.2, 0.25) is 0 Å². The molecule has 1 aromatic heterocycles. The van der Waals surface area contributed by atoms with Gasteiger partial charge >= 0.3 is 4.87 Å². The molecule has 0 aliphatic carbocycles. The Morgan fingerprint density at radius 2 is 1.55 bits per heavy atom. The zero-order valence-electron chi connectivity index (χ0n) is 10.6. The van der Waals surface area contributed by atoms with Crippen LogP contribution in [0.5, 0.6) is 0 Å². The van der Waals surface area contributed by atoms with Crippen molar-refractivity contribution in [2.24, 2.45) is 4.99 Å². The van der Waals surface area contributed by atoms with Gasteiger partial charge in [0.1, 0.15) is 0 Å². The van der Waals surface area contributed by atoms with Crippen LogP contribution in [-0.2, 0) is 6.54 Å². The highest BCUT2D eigenvalue weighted by atomic mass is 32.9. The molecule has 0 fully saturated rings. The first-order valence-corrected chi connectivity index (χ1v) is 8.31. The van der Waals surface area contributed by atoms with Crippen LogP contribution in [0.25, 0.3) is 5.69 Å². The molecule has 0 saturated carbocycles. The van der Waals surface area contributed by atoms with Gasteiger partial charge in [0.2, 0.25) is 4.80 Å². The molecule has 0 saturated heterocycles. The van der Waals surface area contributed by atoms with Crippen LogP contribution in [0.1, 0.15) is 5.56 Å². The molecule has 0 bridgehead atoms. The van der Waals surface area contributed by atoms with E-state index < -0.39 is 0 Å². The molecule has 3 aromatic rings. The van der Waals surface area contributed by atoms with Crippen LogP contribution >= 0.6 is 20.7 Å². The summed E-state index contributed by atoms with van der Waals surface area (Å²) in [6.07, 6.45) is 0. The van der Waals surface area contributed by atoms with Crippen molar-refractivity contribution in [3.8, 4) is 5.69 Å². The van der Waals surface area contributed by atoms with Gasteiger partial charge in [0.25, 0.3) is 0 Å². The Labute approximate surface area is 123 Å². The summed E-state index contributed by atoms with van der Waals surface area (Å²) in [4.78, 5) is 17.3. The molecule has 5 heteroatoms. The lowest BCUT2D eigenvalue weighted by atomic mass is 10.2. The van der Waals surface area contributed by atoms with Crippen molar-refractivity contribution >= 4 is 20.7 Å². The largest absolute Gasteiger partial charge is 0.323 e. The maximum absolute atomic E-state index is 12.0. The van der Waals surface area contributed by atoms with Gasteiger partial charge in [0, 0.05) is 0 Å². The van der Waals surface area contributed by atoms with Gasteiger partial charge in [-0.25, -0.2) is 4.57 Å². The third-order valence-electron chi connectivity index (χ3n) is 2.82. The quantitative estimate of drug-likeness (QED) is 0.685. The van der Waals surface area contributed by atoms with Gasteiger partial charge < -0.3 is 0 Å². The molecule has 0 N–H and O–H groups in total. The SMILES string of the molecule is O=c1ssc(=NCc2ccccc2)n1-c1ccccc1. The van der Waals surface area contributed by atoms with Crippen molar-refractivity contribution in [2.45, 2.75) is 6.54 Å². The molecule has 0 aliphatic heterocycles. The number of rotatable bonds is 3. The fourth-order valence-electron chi connectivity index (χ4n) is 1.86. The summed E-state index contributed by atoms with van der Waals surface area (Å²) in [5.41, 5.74) is 2.00. The number of nitrogens with zero attached hydrogens (tertiary/aromatic N) is 2. The Morgan fingerprint density at radius 1 is 0.900 bits per heavy atom. The highest BCUT2D eigenvalue weighted by Gasteiger charge is 2.04. The van der Waals surface area contributed by atoms with Crippen molar-refractivity contribution in [3.05, 3.63) is 80.7 Å². The molecule has 0 spiro atoms. The van der Waals surface area contributed by atoms with Crippen LogP contribution in [-0.4, -0.2) is 4.57 Å². The first-order chi connectivity index (χ1) is 9.84. The van der Waals surface area contributed by atoms with E-state index in [4.69, 9.17) is 0 Å². The van der Waals surface area contributed by atoms with Crippen LogP contribution in [0.3, 0.4) is 0 Å². The van der Waals surface area contributed by atoms with E-state index in [0.717, 1.165) is 16.1 Å². The molecule has 0 unspecified atom stereocenters. The monoisotopic (exact) mass is 300 g/mol. The molecule has 0 atom stereocenters. The minimum atomic E-state index is 0.00742. The summed E-state index contributed by atoms with van der Waals surface area (Å²) < 4.78 is 1.66.